The van der Waals surface area contributed by atoms with Crippen molar-refractivity contribution in [1.29, 1.82) is 0 Å². The van der Waals surface area contributed by atoms with Gasteiger partial charge in [0.1, 0.15) is 0 Å². The lowest BCUT2D eigenvalue weighted by Crippen LogP contribution is -2.14. The van der Waals surface area contributed by atoms with Crippen LogP contribution in [0.4, 0.5) is 8.78 Å². The maximum Gasteiger partial charge on any atom is 0.296 e. The van der Waals surface area contributed by atoms with E-state index in [1.165, 1.54) is 11.8 Å². The van der Waals surface area contributed by atoms with Gasteiger partial charge in [0.05, 0.1) is 5.75 Å². The molecule has 1 atom stereocenters. The third-order valence-corrected chi connectivity index (χ3v) is 5.04. The Kier molecular flexibility index (Phi) is 6.88. The van der Waals surface area contributed by atoms with E-state index in [9.17, 15) is 13.6 Å². The molecule has 6 heteroatoms. The number of Topliss-reactive ketones (excluding diaryl/α,β-unsaturated/α-hetero) is 1. The van der Waals surface area contributed by atoms with E-state index in [0.717, 1.165) is 11.1 Å². The minimum absolute atomic E-state index is 0.115. The molecule has 0 radical (unpaired) electrons. The van der Waals surface area contributed by atoms with Crippen molar-refractivity contribution in [1.82, 2.24) is 0 Å². The Balaban J connectivity index is 2.14. The molecule has 0 saturated heterocycles. The second kappa shape index (κ2) is 8.67. The summed E-state index contributed by atoms with van der Waals surface area (Å²) in [5.41, 5.74) is 1.96. The summed E-state index contributed by atoms with van der Waals surface area (Å²) in [5.74, 6) is -1.27. The van der Waals surface area contributed by atoms with E-state index in [4.69, 9.17) is 23.2 Å². The van der Waals surface area contributed by atoms with Gasteiger partial charge in [0.25, 0.3) is 6.43 Å². The number of hydrogen-bond donors (Lipinski definition) is 0. The van der Waals surface area contributed by atoms with E-state index in [1.807, 2.05) is 24.3 Å². The molecule has 0 aromatic heterocycles. The number of carbonyl (C=O) groups is 1. The number of benzene rings is 2. The maximum atomic E-state index is 12.4. The van der Waals surface area contributed by atoms with Crippen molar-refractivity contribution in [2.24, 2.45) is 0 Å². The van der Waals surface area contributed by atoms with Crippen molar-refractivity contribution in [3.8, 4) is 0 Å². The van der Waals surface area contributed by atoms with Gasteiger partial charge in [0, 0.05) is 15.3 Å². The van der Waals surface area contributed by atoms with E-state index in [-0.39, 0.29) is 11.0 Å². The predicted octanol–water partition coefficient (Wildman–Crippen LogP) is 5.84. The zero-order valence-electron chi connectivity index (χ0n) is 12.0. The Morgan fingerprint density at radius 2 is 1.48 bits per heavy atom. The second-order valence-corrected chi connectivity index (χ2v) is 7.01. The maximum absolute atomic E-state index is 12.4. The molecule has 0 bridgehead atoms. The molecule has 0 aliphatic carbocycles. The van der Waals surface area contributed by atoms with Crippen LogP contribution in [0.1, 0.15) is 16.4 Å². The first-order valence-corrected chi connectivity index (χ1v) is 8.68. The van der Waals surface area contributed by atoms with E-state index < -0.39 is 12.2 Å². The fourth-order valence-electron chi connectivity index (χ4n) is 2.03. The average Bonchev–Trinajstić information content (AvgIpc) is 2.53. The molecule has 0 spiro atoms. The average molecular weight is 375 g/mol. The molecule has 0 saturated carbocycles. The summed E-state index contributed by atoms with van der Waals surface area (Å²) in [7, 11) is 0. The number of ketones is 1. The fourth-order valence-corrected chi connectivity index (χ4v) is 3.43. The Bertz CT molecular complexity index is 645. The summed E-state index contributed by atoms with van der Waals surface area (Å²) in [5, 5.41) is 1.13. The number of alkyl halides is 2. The van der Waals surface area contributed by atoms with Crippen molar-refractivity contribution in [3.05, 3.63) is 69.7 Å². The highest BCUT2D eigenvalue weighted by Gasteiger charge is 2.20. The highest BCUT2D eigenvalue weighted by molar-refractivity contribution is 8.00. The van der Waals surface area contributed by atoms with Gasteiger partial charge in [-0.25, -0.2) is 8.78 Å². The van der Waals surface area contributed by atoms with E-state index >= 15 is 0 Å². The van der Waals surface area contributed by atoms with Crippen LogP contribution in [0, 0.1) is 0 Å². The predicted molar refractivity (Wildman–Crippen MR) is 92.8 cm³/mol. The van der Waals surface area contributed by atoms with E-state index in [0.29, 0.717) is 16.5 Å². The van der Waals surface area contributed by atoms with E-state index in [1.54, 1.807) is 24.3 Å². The molecule has 1 unspecified atom stereocenters. The van der Waals surface area contributed by atoms with Crippen LogP contribution in [-0.2, 0) is 11.2 Å². The lowest BCUT2D eigenvalue weighted by molar-refractivity contribution is -0.126. The molecule has 0 N–H and O–H groups in total. The van der Waals surface area contributed by atoms with E-state index in [2.05, 4.69) is 0 Å². The summed E-state index contributed by atoms with van der Waals surface area (Å²) in [6, 6.07) is 14.5. The molecule has 122 valence electrons. The van der Waals surface area contributed by atoms with Crippen LogP contribution in [0.2, 0.25) is 10.0 Å². The Morgan fingerprint density at radius 3 is 2.00 bits per heavy atom. The van der Waals surface area contributed by atoms with Crippen LogP contribution >= 0.6 is 35.0 Å². The van der Waals surface area contributed by atoms with Gasteiger partial charge in [-0.3, -0.25) is 4.79 Å². The van der Waals surface area contributed by atoms with Crippen LogP contribution in [0.25, 0.3) is 0 Å². The molecular formula is C17H14Cl2F2OS. The largest absolute Gasteiger partial charge is 0.296 e. The highest BCUT2D eigenvalue weighted by atomic mass is 35.5. The molecular weight excluding hydrogens is 361 g/mol. The zero-order chi connectivity index (χ0) is 16.8. The molecule has 1 nitrogen and oxygen atoms in total. The number of hydrogen-bond acceptors (Lipinski definition) is 2. The van der Waals surface area contributed by atoms with Gasteiger partial charge in [-0.05, 0) is 41.8 Å². The lowest BCUT2D eigenvalue weighted by Gasteiger charge is -2.17. The second-order valence-electron chi connectivity index (χ2n) is 4.95. The summed E-state index contributed by atoms with van der Waals surface area (Å²) in [4.78, 5) is 11.2. The van der Waals surface area contributed by atoms with Crippen molar-refractivity contribution in [2.45, 2.75) is 18.1 Å². The normalized spacial score (nSPS) is 12.4. The number of rotatable bonds is 7. The first-order chi connectivity index (χ1) is 11.0. The van der Waals surface area contributed by atoms with Crippen LogP contribution < -0.4 is 0 Å². The minimum atomic E-state index is -2.93. The van der Waals surface area contributed by atoms with Gasteiger partial charge in [0.15, 0.2) is 0 Å². The van der Waals surface area contributed by atoms with Crippen molar-refractivity contribution >= 4 is 40.7 Å². The van der Waals surface area contributed by atoms with Gasteiger partial charge < -0.3 is 0 Å². The van der Waals surface area contributed by atoms with Gasteiger partial charge in [-0.2, -0.15) is 0 Å². The minimum Gasteiger partial charge on any atom is -0.292 e. The monoisotopic (exact) mass is 374 g/mol. The number of halogens is 4. The zero-order valence-corrected chi connectivity index (χ0v) is 14.3. The molecule has 23 heavy (non-hydrogen) atoms. The Labute approximate surface area is 148 Å². The summed E-state index contributed by atoms with van der Waals surface area (Å²) in [6.45, 7) is 0. The fraction of sp³-hybridized carbons (Fsp3) is 0.235. The number of thioether (sulfide) groups is 1. The quantitative estimate of drug-likeness (QED) is 0.604. The molecule has 0 amide bonds. The summed E-state index contributed by atoms with van der Waals surface area (Å²) >= 11 is 13.0. The molecule has 2 aromatic rings. The molecule has 0 aliphatic heterocycles. The number of carbonyl (C=O) groups excluding carboxylic acids is 1. The van der Waals surface area contributed by atoms with Crippen LogP contribution in [0.3, 0.4) is 0 Å². The SMILES string of the molecule is O=C(CSC(Cc1ccc(Cl)cc1)c1ccc(Cl)cc1)C(F)F. The smallest absolute Gasteiger partial charge is 0.292 e. The van der Waals surface area contributed by atoms with Crippen molar-refractivity contribution in [2.75, 3.05) is 5.75 Å². The molecule has 0 aliphatic rings. The lowest BCUT2D eigenvalue weighted by atomic mass is 10.0. The Hall–Kier alpha value is -1.10. The third-order valence-electron chi connectivity index (χ3n) is 3.25. The first kappa shape index (κ1) is 18.2. The van der Waals surface area contributed by atoms with Gasteiger partial charge in [-0.1, -0.05) is 47.5 Å². The van der Waals surface area contributed by atoms with Crippen LogP contribution in [-0.4, -0.2) is 18.0 Å². The highest BCUT2D eigenvalue weighted by Crippen LogP contribution is 2.33. The Morgan fingerprint density at radius 1 is 0.957 bits per heavy atom. The van der Waals surface area contributed by atoms with Crippen LogP contribution in [0.15, 0.2) is 48.5 Å². The van der Waals surface area contributed by atoms with Crippen molar-refractivity contribution < 1.29 is 13.6 Å². The summed E-state index contributed by atoms with van der Waals surface area (Å²) in [6.07, 6.45) is -2.32. The van der Waals surface area contributed by atoms with Gasteiger partial charge in [0.2, 0.25) is 5.78 Å². The molecule has 2 rings (SSSR count). The first-order valence-electron chi connectivity index (χ1n) is 6.88. The van der Waals surface area contributed by atoms with Crippen LogP contribution in [0.5, 0.6) is 0 Å². The molecule has 0 heterocycles. The molecule has 0 fully saturated rings. The standard InChI is InChI=1S/C17H14Cl2F2OS/c18-13-5-1-11(2-6-13)9-16(23-10-15(22)17(20)21)12-3-7-14(19)8-4-12/h1-8,16-17H,9-10H2. The summed E-state index contributed by atoms with van der Waals surface area (Å²) < 4.78 is 24.8. The third kappa shape index (κ3) is 5.79. The van der Waals surface area contributed by atoms with Gasteiger partial charge in [-0.15, -0.1) is 11.8 Å². The van der Waals surface area contributed by atoms with Crippen molar-refractivity contribution in [3.63, 3.8) is 0 Å². The topological polar surface area (TPSA) is 17.1 Å². The van der Waals surface area contributed by atoms with Gasteiger partial charge >= 0.3 is 0 Å². The molecule has 2 aromatic carbocycles.